The minimum Gasteiger partial charge on any atom is -0.440 e. The molecular formula is C19H15Cl2N3O3. The lowest BCUT2D eigenvalue weighted by Crippen LogP contribution is -2.33. The lowest BCUT2D eigenvalue weighted by Gasteiger charge is -2.08. The van der Waals surface area contributed by atoms with Gasteiger partial charge in [0.1, 0.15) is 5.52 Å². The second-order valence-corrected chi connectivity index (χ2v) is 7.21. The molecule has 27 heavy (non-hydrogen) atoms. The molecule has 0 spiro atoms. The van der Waals surface area contributed by atoms with Gasteiger partial charge in [0.15, 0.2) is 11.5 Å². The van der Waals surface area contributed by atoms with Crippen LogP contribution in [0.2, 0.25) is 10.0 Å². The van der Waals surface area contributed by atoms with E-state index >= 15 is 0 Å². The third kappa shape index (κ3) is 4.07. The van der Waals surface area contributed by atoms with Crippen molar-refractivity contribution in [3.63, 3.8) is 0 Å². The van der Waals surface area contributed by atoms with Gasteiger partial charge in [0.25, 0.3) is 5.91 Å². The molecule has 0 unspecified atom stereocenters. The van der Waals surface area contributed by atoms with Gasteiger partial charge >= 0.3 is 0 Å². The van der Waals surface area contributed by atoms with Gasteiger partial charge in [-0.1, -0.05) is 23.2 Å². The van der Waals surface area contributed by atoms with Crippen molar-refractivity contribution in [1.82, 2.24) is 10.3 Å². The minimum atomic E-state index is -0.451. The Kier molecular flexibility index (Phi) is 4.76. The number of hydrogen-bond donors (Lipinski definition) is 2. The lowest BCUT2D eigenvalue weighted by molar-refractivity contribution is -0.115. The standard InChI is InChI=1S/C19H15Cl2N3O3/c20-11-3-5-13(14(21)7-11)18(26)22-9-17(25)23-12-4-6-16-15(8-12)24-19(27-16)10-1-2-10/h3-8,10H,1-2,9H2,(H,22,26)(H,23,25). The van der Waals surface area contributed by atoms with Crippen LogP contribution >= 0.6 is 23.2 Å². The third-order valence-electron chi connectivity index (χ3n) is 4.20. The lowest BCUT2D eigenvalue weighted by atomic mass is 10.2. The van der Waals surface area contributed by atoms with Gasteiger partial charge in [-0.2, -0.15) is 0 Å². The zero-order valence-corrected chi connectivity index (χ0v) is 15.6. The first kappa shape index (κ1) is 17.8. The van der Waals surface area contributed by atoms with Crippen molar-refractivity contribution in [3.05, 3.63) is 57.9 Å². The van der Waals surface area contributed by atoms with Crippen molar-refractivity contribution in [2.24, 2.45) is 0 Å². The minimum absolute atomic E-state index is 0.192. The molecule has 1 saturated carbocycles. The normalized spacial score (nSPS) is 13.6. The topological polar surface area (TPSA) is 84.2 Å². The summed E-state index contributed by atoms with van der Waals surface area (Å²) in [7, 11) is 0. The number of hydrogen-bond acceptors (Lipinski definition) is 4. The molecule has 0 radical (unpaired) electrons. The fourth-order valence-electron chi connectivity index (χ4n) is 2.66. The Balaban J connectivity index is 1.37. The number of carbonyl (C=O) groups is 2. The van der Waals surface area contributed by atoms with Crippen LogP contribution in [-0.2, 0) is 4.79 Å². The molecule has 1 fully saturated rings. The molecule has 2 aromatic carbocycles. The highest BCUT2D eigenvalue weighted by Crippen LogP contribution is 2.40. The highest BCUT2D eigenvalue weighted by atomic mass is 35.5. The number of nitrogens with zero attached hydrogens (tertiary/aromatic N) is 1. The Bertz CT molecular complexity index is 1040. The molecule has 2 N–H and O–H groups in total. The highest BCUT2D eigenvalue weighted by molar-refractivity contribution is 6.36. The Morgan fingerprint density at radius 1 is 1.15 bits per heavy atom. The highest BCUT2D eigenvalue weighted by Gasteiger charge is 2.28. The number of fused-ring (bicyclic) bond motifs is 1. The number of carbonyl (C=O) groups excluding carboxylic acids is 2. The summed E-state index contributed by atoms with van der Waals surface area (Å²) in [6.07, 6.45) is 2.21. The summed E-state index contributed by atoms with van der Waals surface area (Å²) in [6, 6.07) is 9.80. The third-order valence-corrected chi connectivity index (χ3v) is 4.75. The van der Waals surface area contributed by atoms with Crippen LogP contribution in [0.25, 0.3) is 11.1 Å². The van der Waals surface area contributed by atoms with Gasteiger partial charge in [-0.25, -0.2) is 4.98 Å². The molecule has 1 aliphatic carbocycles. The maximum absolute atomic E-state index is 12.1. The summed E-state index contributed by atoms with van der Waals surface area (Å²) < 4.78 is 5.70. The fraction of sp³-hybridized carbons (Fsp3) is 0.211. The molecule has 2 amide bonds. The number of anilines is 1. The summed E-state index contributed by atoms with van der Waals surface area (Å²) in [5.41, 5.74) is 2.24. The number of oxazole rings is 1. The second kappa shape index (κ2) is 7.21. The predicted molar refractivity (Wildman–Crippen MR) is 103 cm³/mol. The van der Waals surface area contributed by atoms with Crippen molar-refractivity contribution in [3.8, 4) is 0 Å². The fourth-order valence-corrected chi connectivity index (χ4v) is 3.16. The summed E-state index contributed by atoms with van der Waals surface area (Å²) >= 11 is 11.8. The molecule has 1 aromatic heterocycles. The van der Waals surface area contributed by atoms with Crippen LogP contribution in [-0.4, -0.2) is 23.3 Å². The summed E-state index contributed by atoms with van der Waals surface area (Å²) in [5, 5.41) is 5.92. The Morgan fingerprint density at radius 2 is 1.96 bits per heavy atom. The average molecular weight is 404 g/mol. The first-order valence-electron chi connectivity index (χ1n) is 8.43. The van der Waals surface area contributed by atoms with Gasteiger partial charge in [0.05, 0.1) is 17.1 Å². The summed E-state index contributed by atoms with van der Waals surface area (Å²) in [6.45, 7) is -0.192. The molecule has 3 aromatic rings. The zero-order chi connectivity index (χ0) is 19.0. The van der Waals surface area contributed by atoms with Crippen molar-refractivity contribution < 1.29 is 14.0 Å². The van der Waals surface area contributed by atoms with Crippen LogP contribution in [0, 0.1) is 0 Å². The molecule has 6 nitrogen and oxygen atoms in total. The van der Waals surface area contributed by atoms with E-state index in [1.165, 1.54) is 12.1 Å². The first-order valence-corrected chi connectivity index (χ1v) is 9.19. The van der Waals surface area contributed by atoms with E-state index in [1.54, 1.807) is 24.3 Å². The van der Waals surface area contributed by atoms with E-state index in [1.807, 2.05) is 0 Å². The molecule has 0 saturated heterocycles. The molecule has 8 heteroatoms. The number of rotatable bonds is 5. The maximum atomic E-state index is 12.1. The predicted octanol–water partition coefficient (Wildman–Crippen LogP) is 4.38. The molecule has 0 bridgehead atoms. The Morgan fingerprint density at radius 3 is 2.70 bits per heavy atom. The van der Waals surface area contributed by atoms with Crippen LogP contribution in [0.1, 0.15) is 35.0 Å². The largest absolute Gasteiger partial charge is 0.440 e. The number of amides is 2. The first-order chi connectivity index (χ1) is 13.0. The van der Waals surface area contributed by atoms with Crippen molar-refractivity contribution in [1.29, 1.82) is 0 Å². The van der Waals surface area contributed by atoms with Crippen molar-refractivity contribution >= 4 is 51.8 Å². The molecule has 0 atom stereocenters. The van der Waals surface area contributed by atoms with Crippen molar-refractivity contribution in [2.75, 3.05) is 11.9 Å². The quantitative estimate of drug-likeness (QED) is 0.661. The SMILES string of the molecule is O=C(CNC(=O)c1ccc(Cl)cc1Cl)Nc1ccc2oc(C3CC3)nc2c1. The Labute approximate surface area is 164 Å². The van der Waals surface area contributed by atoms with Crippen molar-refractivity contribution in [2.45, 2.75) is 18.8 Å². The zero-order valence-electron chi connectivity index (χ0n) is 14.1. The van der Waals surface area contributed by atoms with Gasteiger partial charge < -0.3 is 15.1 Å². The van der Waals surface area contributed by atoms with Gasteiger partial charge in [-0.15, -0.1) is 0 Å². The molecular weight excluding hydrogens is 389 g/mol. The number of benzene rings is 2. The van der Waals surface area contributed by atoms with E-state index < -0.39 is 5.91 Å². The number of nitrogens with one attached hydrogen (secondary N) is 2. The van der Waals surface area contributed by atoms with Gasteiger partial charge in [-0.3, -0.25) is 9.59 Å². The Hall–Kier alpha value is -2.57. The van der Waals surface area contributed by atoms with E-state index in [0.29, 0.717) is 27.7 Å². The summed E-state index contributed by atoms with van der Waals surface area (Å²) in [5.74, 6) is 0.359. The number of aromatic nitrogens is 1. The number of halogens is 2. The van der Waals surface area contributed by atoms with E-state index in [-0.39, 0.29) is 23.0 Å². The van der Waals surface area contributed by atoms with E-state index in [9.17, 15) is 9.59 Å². The van der Waals surface area contributed by atoms with Gasteiger partial charge in [0.2, 0.25) is 5.91 Å². The monoisotopic (exact) mass is 403 g/mol. The molecule has 1 heterocycles. The molecule has 1 aliphatic rings. The van der Waals surface area contributed by atoms with E-state index in [4.69, 9.17) is 27.6 Å². The average Bonchev–Trinajstić information content (AvgIpc) is 3.39. The molecule has 4 rings (SSSR count). The maximum Gasteiger partial charge on any atom is 0.253 e. The smallest absolute Gasteiger partial charge is 0.253 e. The van der Waals surface area contributed by atoms with Gasteiger partial charge in [0, 0.05) is 16.6 Å². The van der Waals surface area contributed by atoms with Crippen LogP contribution in [0.4, 0.5) is 5.69 Å². The van der Waals surface area contributed by atoms with Crippen LogP contribution in [0.15, 0.2) is 40.8 Å². The summed E-state index contributed by atoms with van der Waals surface area (Å²) in [4.78, 5) is 28.7. The second-order valence-electron chi connectivity index (χ2n) is 6.36. The van der Waals surface area contributed by atoms with Crippen LogP contribution < -0.4 is 10.6 Å². The van der Waals surface area contributed by atoms with Gasteiger partial charge in [-0.05, 0) is 49.2 Å². The van der Waals surface area contributed by atoms with Crippen LogP contribution in [0.5, 0.6) is 0 Å². The van der Waals surface area contributed by atoms with Crippen LogP contribution in [0.3, 0.4) is 0 Å². The van der Waals surface area contributed by atoms with E-state index in [0.717, 1.165) is 18.7 Å². The van der Waals surface area contributed by atoms with E-state index in [2.05, 4.69) is 15.6 Å². The molecule has 0 aliphatic heterocycles. The molecule has 138 valence electrons.